The van der Waals surface area contributed by atoms with Gasteiger partial charge in [-0.05, 0) is 49.6 Å². The number of methoxy groups -OCH3 is 2. The number of halogens is 1. The standard InChI is InChI=1S/C26H36FN3O6S/c1-7-18(3)28-26(32)22(8-2)29(16-19-9-11-20(27)12-10-19)25(31)17-30(37(6,33)34)23-14-13-21(35-4)15-24(23)36-5/h9-15,18,22H,7-8,16-17H2,1-6H3,(H,28,32)/t18-,22+/m0/s1. The quantitative estimate of drug-likeness (QED) is 0.420. The highest BCUT2D eigenvalue weighted by Crippen LogP contribution is 2.33. The van der Waals surface area contributed by atoms with Crippen LogP contribution in [0.5, 0.6) is 11.5 Å². The fourth-order valence-electron chi connectivity index (χ4n) is 3.73. The Kier molecular flexibility index (Phi) is 10.7. The molecule has 0 saturated carbocycles. The number of ether oxygens (including phenoxy) is 2. The maximum Gasteiger partial charge on any atom is 0.244 e. The first-order valence-corrected chi connectivity index (χ1v) is 13.8. The molecule has 11 heteroatoms. The first kappa shape index (κ1) is 29.9. The number of benzene rings is 2. The smallest absolute Gasteiger partial charge is 0.244 e. The van der Waals surface area contributed by atoms with E-state index in [4.69, 9.17) is 9.47 Å². The molecular weight excluding hydrogens is 501 g/mol. The van der Waals surface area contributed by atoms with Gasteiger partial charge >= 0.3 is 0 Å². The van der Waals surface area contributed by atoms with Crippen LogP contribution in [0, 0.1) is 5.82 Å². The normalized spacial score (nSPS) is 12.8. The van der Waals surface area contributed by atoms with E-state index in [0.29, 0.717) is 24.2 Å². The molecule has 2 rings (SSSR count). The fourth-order valence-corrected chi connectivity index (χ4v) is 4.59. The van der Waals surface area contributed by atoms with Crippen molar-refractivity contribution in [3.05, 3.63) is 53.8 Å². The Balaban J connectivity index is 2.50. The Labute approximate surface area is 218 Å². The molecular formula is C26H36FN3O6S. The summed E-state index contributed by atoms with van der Waals surface area (Å²) in [5, 5.41) is 2.90. The van der Waals surface area contributed by atoms with Crippen LogP contribution in [-0.2, 0) is 26.2 Å². The van der Waals surface area contributed by atoms with Crippen LogP contribution in [0.25, 0.3) is 0 Å². The van der Waals surface area contributed by atoms with Gasteiger partial charge in [-0.25, -0.2) is 12.8 Å². The van der Waals surface area contributed by atoms with Crippen molar-refractivity contribution in [3.63, 3.8) is 0 Å². The summed E-state index contributed by atoms with van der Waals surface area (Å²) in [6, 6.07) is 9.17. The molecule has 37 heavy (non-hydrogen) atoms. The Morgan fingerprint density at radius 2 is 1.68 bits per heavy atom. The highest BCUT2D eigenvalue weighted by Gasteiger charge is 2.33. The lowest BCUT2D eigenvalue weighted by Gasteiger charge is -2.33. The number of anilines is 1. The van der Waals surface area contributed by atoms with Gasteiger partial charge < -0.3 is 19.7 Å². The lowest BCUT2D eigenvalue weighted by Crippen LogP contribution is -2.53. The van der Waals surface area contributed by atoms with Crippen LogP contribution >= 0.6 is 0 Å². The van der Waals surface area contributed by atoms with E-state index in [0.717, 1.165) is 10.6 Å². The summed E-state index contributed by atoms with van der Waals surface area (Å²) in [5.74, 6) is -0.729. The van der Waals surface area contributed by atoms with Gasteiger partial charge in [-0.3, -0.25) is 13.9 Å². The molecule has 0 fully saturated rings. The molecule has 0 aliphatic rings. The van der Waals surface area contributed by atoms with Gasteiger partial charge in [-0.15, -0.1) is 0 Å². The molecule has 0 unspecified atom stereocenters. The van der Waals surface area contributed by atoms with E-state index in [-0.39, 0.29) is 29.9 Å². The summed E-state index contributed by atoms with van der Waals surface area (Å²) < 4.78 is 50.6. The topological polar surface area (TPSA) is 105 Å². The van der Waals surface area contributed by atoms with Gasteiger partial charge in [0.1, 0.15) is 29.9 Å². The number of rotatable bonds is 13. The largest absolute Gasteiger partial charge is 0.497 e. The molecule has 0 heterocycles. The second-order valence-corrected chi connectivity index (χ2v) is 10.6. The van der Waals surface area contributed by atoms with E-state index in [1.54, 1.807) is 13.0 Å². The van der Waals surface area contributed by atoms with E-state index < -0.39 is 34.3 Å². The average Bonchev–Trinajstić information content (AvgIpc) is 2.86. The Morgan fingerprint density at radius 3 is 2.19 bits per heavy atom. The molecule has 0 spiro atoms. The van der Waals surface area contributed by atoms with Crippen LogP contribution < -0.4 is 19.1 Å². The number of amides is 2. The Morgan fingerprint density at radius 1 is 1.03 bits per heavy atom. The summed E-state index contributed by atoms with van der Waals surface area (Å²) in [7, 11) is -1.09. The van der Waals surface area contributed by atoms with Crippen LogP contribution in [-0.4, -0.2) is 64.2 Å². The minimum Gasteiger partial charge on any atom is -0.497 e. The first-order valence-electron chi connectivity index (χ1n) is 12.0. The van der Waals surface area contributed by atoms with Gasteiger partial charge in [-0.2, -0.15) is 0 Å². The Hall–Kier alpha value is -3.34. The van der Waals surface area contributed by atoms with Crippen LogP contribution in [0.2, 0.25) is 0 Å². The van der Waals surface area contributed by atoms with Gasteiger partial charge in [0.2, 0.25) is 21.8 Å². The number of nitrogens with one attached hydrogen (secondary N) is 1. The molecule has 204 valence electrons. The predicted molar refractivity (Wildman–Crippen MR) is 141 cm³/mol. The van der Waals surface area contributed by atoms with E-state index in [1.165, 1.54) is 55.5 Å². The zero-order valence-corrected chi connectivity index (χ0v) is 23.0. The minimum absolute atomic E-state index is 0.0110. The van der Waals surface area contributed by atoms with Crippen molar-refractivity contribution < 1.29 is 31.9 Å². The van der Waals surface area contributed by atoms with E-state index >= 15 is 0 Å². The summed E-state index contributed by atoms with van der Waals surface area (Å²) >= 11 is 0. The molecule has 0 aliphatic heterocycles. The monoisotopic (exact) mass is 537 g/mol. The summed E-state index contributed by atoms with van der Waals surface area (Å²) in [6.07, 6.45) is 1.98. The average molecular weight is 538 g/mol. The molecule has 2 aromatic rings. The van der Waals surface area contributed by atoms with Gasteiger partial charge in [0, 0.05) is 18.7 Å². The van der Waals surface area contributed by atoms with Crippen LogP contribution in [0.3, 0.4) is 0 Å². The molecule has 0 bridgehead atoms. The molecule has 0 radical (unpaired) electrons. The van der Waals surface area contributed by atoms with Crippen molar-refractivity contribution in [2.45, 2.75) is 52.2 Å². The van der Waals surface area contributed by atoms with Gasteiger partial charge in [0.15, 0.2) is 0 Å². The summed E-state index contributed by atoms with van der Waals surface area (Å²) in [6.45, 7) is 4.98. The summed E-state index contributed by atoms with van der Waals surface area (Å²) in [4.78, 5) is 28.2. The molecule has 1 N–H and O–H groups in total. The van der Waals surface area contributed by atoms with Gasteiger partial charge in [0.05, 0.1) is 26.2 Å². The highest BCUT2D eigenvalue weighted by atomic mass is 32.2. The van der Waals surface area contributed by atoms with Crippen molar-refractivity contribution in [2.75, 3.05) is 31.3 Å². The molecule has 0 saturated heterocycles. The van der Waals surface area contributed by atoms with Crippen LogP contribution in [0.15, 0.2) is 42.5 Å². The van der Waals surface area contributed by atoms with Crippen molar-refractivity contribution in [3.8, 4) is 11.5 Å². The maximum atomic E-state index is 13.7. The van der Waals surface area contributed by atoms with Crippen molar-refractivity contribution in [1.82, 2.24) is 10.2 Å². The predicted octanol–water partition coefficient (Wildman–Crippen LogP) is 3.33. The summed E-state index contributed by atoms with van der Waals surface area (Å²) in [5.41, 5.74) is 0.746. The van der Waals surface area contributed by atoms with Gasteiger partial charge in [-0.1, -0.05) is 26.0 Å². The van der Waals surface area contributed by atoms with E-state index in [2.05, 4.69) is 5.32 Å². The maximum absolute atomic E-state index is 13.7. The zero-order chi connectivity index (χ0) is 27.8. The number of sulfonamides is 1. The molecule has 2 aromatic carbocycles. The highest BCUT2D eigenvalue weighted by molar-refractivity contribution is 7.92. The molecule has 9 nitrogen and oxygen atoms in total. The minimum atomic E-state index is -3.94. The fraction of sp³-hybridized carbons (Fsp3) is 0.462. The third kappa shape index (κ3) is 8.08. The third-order valence-corrected chi connectivity index (χ3v) is 7.11. The zero-order valence-electron chi connectivity index (χ0n) is 22.2. The third-order valence-electron chi connectivity index (χ3n) is 5.99. The van der Waals surface area contributed by atoms with Crippen LogP contribution in [0.1, 0.15) is 39.2 Å². The second kappa shape index (κ2) is 13.3. The number of hydrogen-bond donors (Lipinski definition) is 1. The number of carbonyl (C=O) groups excluding carboxylic acids is 2. The Bertz CT molecular complexity index is 1170. The lowest BCUT2D eigenvalue weighted by molar-refractivity contribution is -0.140. The van der Waals surface area contributed by atoms with Crippen molar-refractivity contribution in [1.29, 1.82) is 0 Å². The number of nitrogens with zero attached hydrogens (tertiary/aromatic N) is 2. The molecule has 2 atom stereocenters. The van der Waals surface area contributed by atoms with E-state index in [9.17, 15) is 22.4 Å². The van der Waals surface area contributed by atoms with Gasteiger partial charge in [0.25, 0.3) is 0 Å². The second-order valence-electron chi connectivity index (χ2n) is 8.70. The molecule has 0 aromatic heterocycles. The first-order chi connectivity index (χ1) is 17.4. The number of carbonyl (C=O) groups is 2. The van der Waals surface area contributed by atoms with Crippen molar-refractivity contribution in [2.24, 2.45) is 0 Å². The SMILES string of the molecule is CC[C@H](C(=O)N[C@@H](C)CC)N(Cc1ccc(F)cc1)C(=O)CN(c1ccc(OC)cc1OC)S(C)(=O)=O. The molecule has 0 aliphatic carbocycles. The molecule has 2 amide bonds. The van der Waals surface area contributed by atoms with Crippen LogP contribution in [0.4, 0.5) is 10.1 Å². The van der Waals surface area contributed by atoms with Crippen molar-refractivity contribution >= 4 is 27.5 Å². The van der Waals surface area contributed by atoms with E-state index in [1.807, 2.05) is 13.8 Å². The number of hydrogen-bond acceptors (Lipinski definition) is 6. The lowest BCUT2D eigenvalue weighted by atomic mass is 10.1.